The molecule has 46 heavy (non-hydrogen) atoms. The van der Waals surface area contributed by atoms with E-state index in [4.69, 9.17) is 4.74 Å². The Kier molecular flexibility index (Phi) is 10.3. The minimum Gasteiger partial charge on any atom is -0.435 e. The van der Waals surface area contributed by atoms with E-state index in [2.05, 4.69) is 25.7 Å². The van der Waals surface area contributed by atoms with Crippen molar-refractivity contribution in [1.29, 1.82) is 0 Å². The van der Waals surface area contributed by atoms with E-state index >= 15 is 0 Å². The Hall–Kier alpha value is -4.43. The maximum Gasteiger partial charge on any atom is 0.387 e. The van der Waals surface area contributed by atoms with Gasteiger partial charge in [-0.1, -0.05) is 0 Å². The van der Waals surface area contributed by atoms with Crippen LogP contribution in [0.25, 0.3) is 11.1 Å². The maximum atomic E-state index is 13.6. The molecular weight excluding hydrogens is 605 g/mol. The molecule has 1 atom stereocenters. The van der Waals surface area contributed by atoms with Gasteiger partial charge in [-0.25, -0.2) is 9.37 Å². The smallest absolute Gasteiger partial charge is 0.387 e. The largest absolute Gasteiger partial charge is 0.435 e. The lowest BCUT2D eigenvalue weighted by Gasteiger charge is -2.34. The predicted molar refractivity (Wildman–Crippen MR) is 166 cm³/mol. The zero-order chi connectivity index (χ0) is 33.0. The summed E-state index contributed by atoms with van der Waals surface area (Å²) in [6, 6.07) is 8.54. The number of anilines is 2. The molecule has 1 aromatic carbocycles. The van der Waals surface area contributed by atoms with Crippen LogP contribution in [0.15, 0.2) is 47.4 Å². The lowest BCUT2D eigenvalue weighted by Crippen LogP contribution is -2.51. The molecule has 0 saturated carbocycles. The minimum absolute atomic E-state index is 0.0149. The summed E-state index contributed by atoms with van der Waals surface area (Å²) in [6.45, 7) is 2.25. The van der Waals surface area contributed by atoms with E-state index < -0.39 is 30.2 Å². The van der Waals surface area contributed by atoms with Crippen molar-refractivity contribution in [2.24, 2.45) is 7.05 Å². The lowest BCUT2D eigenvalue weighted by atomic mass is 9.97. The van der Waals surface area contributed by atoms with Crippen LogP contribution in [0.1, 0.15) is 53.0 Å². The van der Waals surface area contributed by atoms with Crippen LogP contribution in [0.3, 0.4) is 0 Å². The highest BCUT2D eigenvalue weighted by Gasteiger charge is 2.32. The number of ether oxygens (including phenoxy) is 2. The van der Waals surface area contributed by atoms with Crippen LogP contribution in [0, 0.1) is 0 Å². The number of halogens is 3. The van der Waals surface area contributed by atoms with Gasteiger partial charge in [0.15, 0.2) is 0 Å². The molecule has 2 fully saturated rings. The first-order valence-corrected chi connectivity index (χ1v) is 15.1. The number of amides is 2. The molecule has 2 aliphatic heterocycles. The summed E-state index contributed by atoms with van der Waals surface area (Å²) in [7, 11) is 1.56. The number of benzene rings is 1. The minimum atomic E-state index is -3.11. The summed E-state index contributed by atoms with van der Waals surface area (Å²) in [5.41, 5.74) is 0.894. The molecule has 0 radical (unpaired) electrons. The van der Waals surface area contributed by atoms with E-state index in [1.54, 1.807) is 19.3 Å². The van der Waals surface area contributed by atoms with Crippen LogP contribution in [0.2, 0.25) is 0 Å². The number of carbonyl (C=O) groups is 2. The van der Waals surface area contributed by atoms with Gasteiger partial charge in [0.05, 0.1) is 24.8 Å². The van der Waals surface area contributed by atoms with Crippen molar-refractivity contribution in [3.05, 3.63) is 69.6 Å². The Bertz CT molecular complexity index is 1640. The van der Waals surface area contributed by atoms with Crippen molar-refractivity contribution in [3.8, 4) is 16.9 Å². The molecule has 0 unspecified atom stereocenters. The highest BCUT2D eigenvalue weighted by Crippen LogP contribution is 2.33. The van der Waals surface area contributed by atoms with E-state index in [0.29, 0.717) is 30.0 Å². The van der Waals surface area contributed by atoms with Crippen LogP contribution < -0.4 is 26.2 Å². The standard InChI is InChI=1S/C32H37F3N6O5/c1-18(2)37-27-10-20(24-7-6-22(46-32(34)35)12-25(24)31(44)41-16-21(33)17-41)11-28(38-27)39-29(42)26-9-19(15-40(3)30(26)43)13-36-14-23-5-4-8-45-23/h6-7,9-12,15,18,21,23,32,36H,4-5,8,13-14,16-17H2,1-3H3,(H2,37,38,39,42)/t23-/m0/s1. The van der Waals surface area contributed by atoms with Gasteiger partial charge in [-0.05, 0) is 79.8 Å². The second-order valence-corrected chi connectivity index (χ2v) is 11.7. The van der Waals surface area contributed by atoms with Crippen LogP contribution >= 0.6 is 0 Å². The van der Waals surface area contributed by atoms with Crippen molar-refractivity contribution < 1.29 is 32.2 Å². The van der Waals surface area contributed by atoms with Crippen LogP contribution in [0.4, 0.5) is 24.8 Å². The van der Waals surface area contributed by atoms with Crippen molar-refractivity contribution in [2.75, 3.05) is 36.9 Å². The van der Waals surface area contributed by atoms with Gasteiger partial charge in [0, 0.05) is 39.0 Å². The number of pyridine rings is 2. The zero-order valence-corrected chi connectivity index (χ0v) is 25.8. The van der Waals surface area contributed by atoms with Gasteiger partial charge in [0.2, 0.25) is 0 Å². The molecule has 4 heterocycles. The first-order chi connectivity index (χ1) is 22.0. The highest BCUT2D eigenvalue weighted by atomic mass is 19.3. The fourth-order valence-electron chi connectivity index (χ4n) is 5.42. The van der Waals surface area contributed by atoms with Crippen molar-refractivity contribution >= 4 is 23.5 Å². The third-order valence-corrected chi connectivity index (χ3v) is 7.60. The van der Waals surface area contributed by atoms with Gasteiger partial charge in [-0.15, -0.1) is 0 Å². The third kappa shape index (κ3) is 8.04. The Balaban J connectivity index is 1.45. The molecule has 2 saturated heterocycles. The second kappa shape index (κ2) is 14.3. The van der Waals surface area contributed by atoms with E-state index in [-0.39, 0.29) is 47.9 Å². The number of nitrogens with one attached hydrogen (secondary N) is 3. The number of alkyl halides is 3. The van der Waals surface area contributed by atoms with Crippen LogP contribution in [-0.2, 0) is 18.3 Å². The number of hydrogen-bond acceptors (Lipinski definition) is 8. The first kappa shape index (κ1) is 32.9. The summed E-state index contributed by atoms with van der Waals surface area (Å²) in [5.74, 6) is -1.05. The number of aromatic nitrogens is 2. The molecule has 5 rings (SSSR count). The quantitative estimate of drug-likeness (QED) is 0.269. The summed E-state index contributed by atoms with van der Waals surface area (Å²) in [6.07, 6.45) is 2.63. The highest BCUT2D eigenvalue weighted by molar-refractivity contribution is 6.05. The number of aryl methyl sites for hydroxylation is 1. The SMILES string of the molecule is CC(C)Nc1cc(-c2ccc(OC(F)F)cc2C(=O)N2CC(F)C2)cc(NC(=O)c2cc(CNC[C@@H]3CCCO3)cn(C)c2=O)n1. The third-order valence-electron chi connectivity index (χ3n) is 7.60. The molecule has 0 bridgehead atoms. The van der Waals surface area contributed by atoms with Gasteiger partial charge in [-0.2, -0.15) is 8.78 Å². The maximum absolute atomic E-state index is 13.6. The second-order valence-electron chi connectivity index (χ2n) is 11.7. The Morgan fingerprint density at radius 3 is 2.54 bits per heavy atom. The van der Waals surface area contributed by atoms with Gasteiger partial charge in [0.25, 0.3) is 17.4 Å². The van der Waals surface area contributed by atoms with E-state index in [1.807, 2.05) is 13.8 Å². The number of likely N-dealkylation sites (tertiary alicyclic amines) is 1. The summed E-state index contributed by atoms with van der Waals surface area (Å²) in [5, 5.41) is 9.18. The van der Waals surface area contributed by atoms with Crippen LogP contribution in [0.5, 0.6) is 5.75 Å². The molecule has 14 heteroatoms. The van der Waals surface area contributed by atoms with Gasteiger partial charge >= 0.3 is 6.61 Å². The number of rotatable bonds is 12. The molecule has 0 spiro atoms. The number of carbonyl (C=O) groups excluding carboxylic acids is 2. The van der Waals surface area contributed by atoms with Crippen molar-refractivity contribution in [1.82, 2.24) is 19.8 Å². The summed E-state index contributed by atoms with van der Waals surface area (Å²) < 4.78 is 51.1. The van der Waals surface area contributed by atoms with E-state index in [1.165, 1.54) is 39.8 Å². The molecule has 3 aromatic rings. The monoisotopic (exact) mass is 642 g/mol. The molecule has 3 N–H and O–H groups in total. The normalized spacial score (nSPS) is 16.5. The average molecular weight is 643 g/mol. The fraction of sp³-hybridized carbons (Fsp3) is 0.438. The molecule has 11 nitrogen and oxygen atoms in total. The number of hydrogen-bond donors (Lipinski definition) is 3. The molecular formula is C32H37F3N6O5. The van der Waals surface area contributed by atoms with Gasteiger partial charge in [0.1, 0.15) is 29.1 Å². The first-order valence-electron chi connectivity index (χ1n) is 15.1. The molecule has 2 aliphatic rings. The fourth-order valence-corrected chi connectivity index (χ4v) is 5.42. The molecule has 246 valence electrons. The Labute approximate surface area is 264 Å². The Morgan fingerprint density at radius 2 is 1.87 bits per heavy atom. The lowest BCUT2D eigenvalue weighted by molar-refractivity contribution is -0.0499. The van der Waals surface area contributed by atoms with Crippen LogP contribution in [-0.4, -0.2) is 77.4 Å². The van der Waals surface area contributed by atoms with E-state index in [0.717, 1.165) is 25.0 Å². The topological polar surface area (TPSA) is 127 Å². The molecule has 2 aromatic heterocycles. The van der Waals surface area contributed by atoms with Gasteiger partial charge in [-0.3, -0.25) is 14.4 Å². The summed E-state index contributed by atoms with van der Waals surface area (Å²) in [4.78, 5) is 45.6. The van der Waals surface area contributed by atoms with Crippen molar-refractivity contribution in [2.45, 2.75) is 58.2 Å². The zero-order valence-electron chi connectivity index (χ0n) is 25.8. The van der Waals surface area contributed by atoms with Crippen molar-refractivity contribution in [3.63, 3.8) is 0 Å². The predicted octanol–water partition coefficient (Wildman–Crippen LogP) is 4.18. The van der Waals surface area contributed by atoms with E-state index in [9.17, 15) is 27.6 Å². The molecule has 2 amide bonds. The van der Waals surface area contributed by atoms with Gasteiger partial charge < -0.3 is 34.9 Å². The average Bonchev–Trinajstić information content (AvgIpc) is 3.49. The molecule has 0 aliphatic carbocycles. The Morgan fingerprint density at radius 1 is 1.11 bits per heavy atom. The number of nitrogens with zero attached hydrogens (tertiary/aromatic N) is 3. The summed E-state index contributed by atoms with van der Waals surface area (Å²) >= 11 is 0.